The molecule has 2 fully saturated rings. The van der Waals surface area contributed by atoms with E-state index in [2.05, 4.69) is 29.4 Å². The average Bonchev–Trinajstić information content (AvgIpc) is 3.24. The highest BCUT2D eigenvalue weighted by atomic mass is 16.2. The lowest BCUT2D eigenvalue weighted by Crippen LogP contribution is -2.48. The SMILES string of the molecule is CCN(CC)Cc1cccc(NC(=O)[C@@H](C)N2C(=O)NC3(CCCC3)C2=O)c1. The quantitative estimate of drug-likeness (QED) is 0.706. The molecule has 2 N–H and O–H groups in total. The maximum Gasteiger partial charge on any atom is 0.325 e. The van der Waals surface area contributed by atoms with E-state index in [0.717, 1.165) is 42.9 Å². The number of hydrogen-bond acceptors (Lipinski definition) is 4. The van der Waals surface area contributed by atoms with Crippen molar-refractivity contribution < 1.29 is 14.4 Å². The summed E-state index contributed by atoms with van der Waals surface area (Å²) in [6, 6.07) is 6.36. The first kappa shape index (κ1) is 20.3. The fourth-order valence-corrected chi connectivity index (χ4v) is 4.13. The molecule has 1 aromatic rings. The summed E-state index contributed by atoms with van der Waals surface area (Å²) in [5.41, 5.74) is 0.980. The molecule has 0 unspecified atom stereocenters. The first-order valence-electron chi connectivity index (χ1n) is 10.2. The van der Waals surface area contributed by atoms with Crippen LogP contribution in [0.5, 0.6) is 0 Å². The Balaban J connectivity index is 1.68. The van der Waals surface area contributed by atoms with Crippen molar-refractivity contribution >= 4 is 23.5 Å². The Morgan fingerprint density at radius 1 is 1.25 bits per heavy atom. The Morgan fingerprint density at radius 2 is 1.93 bits per heavy atom. The molecule has 7 nitrogen and oxygen atoms in total. The molecule has 0 aromatic heterocycles. The molecule has 0 bridgehead atoms. The van der Waals surface area contributed by atoms with Gasteiger partial charge >= 0.3 is 6.03 Å². The largest absolute Gasteiger partial charge is 0.325 e. The highest BCUT2D eigenvalue weighted by Crippen LogP contribution is 2.35. The number of urea groups is 1. The average molecular weight is 386 g/mol. The third-order valence-electron chi connectivity index (χ3n) is 5.91. The number of amides is 4. The molecule has 4 amide bonds. The Hall–Kier alpha value is -2.41. The molecule has 7 heteroatoms. The maximum atomic E-state index is 12.8. The predicted octanol–water partition coefficient (Wildman–Crippen LogP) is 2.72. The predicted molar refractivity (Wildman–Crippen MR) is 108 cm³/mol. The first-order chi connectivity index (χ1) is 13.4. The molecule has 28 heavy (non-hydrogen) atoms. The number of benzene rings is 1. The monoisotopic (exact) mass is 386 g/mol. The molecule has 1 saturated carbocycles. The molecular formula is C21H30N4O3. The van der Waals surface area contributed by atoms with Crippen molar-refractivity contribution in [3.63, 3.8) is 0 Å². The Bertz CT molecular complexity index is 754. The van der Waals surface area contributed by atoms with Crippen molar-refractivity contribution in [3.8, 4) is 0 Å². The van der Waals surface area contributed by atoms with Crippen molar-refractivity contribution in [1.29, 1.82) is 0 Å². The highest BCUT2D eigenvalue weighted by Gasteiger charge is 2.54. The first-order valence-corrected chi connectivity index (χ1v) is 10.2. The third kappa shape index (κ3) is 3.90. The molecule has 1 atom stereocenters. The Morgan fingerprint density at radius 3 is 2.57 bits per heavy atom. The van der Waals surface area contributed by atoms with E-state index < -0.39 is 17.6 Å². The van der Waals surface area contributed by atoms with Crippen LogP contribution >= 0.6 is 0 Å². The molecule has 1 aliphatic carbocycles. The lowest BCUT2D eigenvalue weighted by Gasteiger charge is -2.23. The standard InChI is InChI=1S/C21H30N4O3/c1-4-24(5-2)14-16-9-8-10-17(13-16)22-18(26)15(3)25-19(27)21(23-20(25)28)11-6-7-12-21/h8-10,13,15H,4-7,11-12,14H2,1-3H3,(H,22,26)(H,23,28)/t15-/m1/s1. The topological polar surface area (TPSA) is 81.8 Å². The molecule has 1 aromatic carbocycles. The van der Waals surface area contributed by atoms with Gasteiger partial charge < -0.3 is 10.6 Å². The summed E-state index contributed by atoms with van der Waals surface area (Å²) in [4.78, 5) is 41.3. The number of imide groups is 1. The smallest absolute Gasteiger partial charge is 0.324 e. The normalized spacial score (nSPS) is 19.4. The zero-order valence-electron chi connectivity index (χ0n) is 17.0. The lowest BCUT2D eigenvalue weighted by molar-refractivity contribution is -0.136. The van der Waals surface area contributed by atoms with Crippen molar-refractivity contribution in [2.45, 2.75) is 64.6 Å². The van der Waals surface area contributed by atoms with Gasteiger partial charge in [-0.1, -0.05) is 38.8 Å². The second-order valence-corrected chi connectivity index (χ2v) is 7.72. The van der Waals surface area contributed by atoms with E-state index in [1.807, 2.05) is 24.3 Å². The van der Waals surface area contributed by atoms with Crippen LogP contribution in [-0.4, -0.2) is 52.3 Å². The van der Waals surface area contributed by atoms with Crippen molar-refractivity contribution in [1.82, 2.24) is 15.1 Å². The van der Waals surface area contributed by atoms with Crippen molar-refractivity contribution in [3.05, 3.63) is 29.8 Å². The molecule has 152 valence electrons. The van der Waals surface area contributed by atoms with Gasteiger partial charge in [0.05, 0.1) is 0 Å². The van der Waals surface area contributed by atoms with Gasteiger partial charge in [0, 0.05) is 12.2 Å². The molecule has 1 aliphatic heterocycles. The van der Waals surface area contributed by atoms with E-state index in [1.165, 1.54) is 0 Å². The number of hydrogen-bond donors (Lipinski definition) is 2. The van der Waals surface area contributed by atoms with Gasteiger partial charge in [-0.05, 0) is 50.6 Å². The number of anilines is 1. The van der Waals surface area contributed by atoms with Crippen LogP contribution in [0.25, 0.3) is 0 Å². The van der Waals surface area contributed by atoms with Crippen LogP contribution in [0.3, 0.4) is 0 Å². The molecule has 1 spiro atoms. The van der Waals surface area contributed by atoms with Crippen LogP contribution in [-0.2, 0) is 16.1 Å². The summed E-state index contributed by atoms with van der Waals surface area (Å²) < 4.78 is 0. The number of carbonyl (C=O) groups excluding carboxylic acids is 3. The summed E-state index contributed by atoms with van der Waals surface area (Å²) in [6.07, 6.45) is 3.13. The molecule has 1 heterocycles. The summed E-state index contributed by atoms with van der Waals surface area (Å²) in [6.45, 7) is 8.55. The minimum Gasteiger partial charge on any atom is -0.324 e. The molecule has 0 radical (unpaired) electrons. The van der Waals surface area contributed by atoms with E-state index in [0.29, 0.717) is 18.5 Å². The minimum absolute atomic E-state index is 0.270. The van der Waals surface area contributed by atoms with Crippen LogP contribution in [0, 0.1) is 0 Å². The van der Waals surface area contributed by atoms with Gasteiger partial charge in [-0.2, -0.15) is 0 Å². The van der Waals surface area contributed by atoms with Crippen LogP contribution in [0.1, 0.15) is 52.0 Å². The molecular weight excluding hydrogens is 356 g/mol. The third-order valence-corrected chi connectivity index (χ3v) is 5.91. The van der Waals surface area contributed by atoms with E-state index >= 15 is 0 Å². The van der Waals surface area contributed by atoms with Gasteiger partial charge in [0.2, 0.25) is 5.91 Å². The van der Waals surface area contributed by atoms with Gasteiger partial charge in [0.1, 0.15) is 11.6 Å². The van der Waals surface area contributed by atoms with Crippen molar-refractivity contribution in [2.24, 2.45) is 0 Å². The van der Waals surface area contributed by atoms with Gasteiger partial charge in [-0.15, -0.1) is 0 Å². The zero-order chi connectivity index (χ0) is 20.3. The van der Waals surface area contributed by atoms with Gasteiger partial charge in [0.25, 0.3) is 5.91 Å². The molecule has 3 rings (SSSR count). The van der Waals surface area contributed by atoms with Crippen molar-refractivity contribution in [2.75, 3.05) is 18.4 Å². The van der Waals surface area contributed by atoms with Gasteiger partial charge in [-0.25, -0.2) is 9.69 Å². The fraction of sp³-hybridized carbons (Fsp3) is 0.571. The van der Waals surface area contributed by atoms with Crippen LogP contribution in [0.4, 0.5) is 10.5 Å². The Labute approximate surface area is 166 Å². The number of carbonyl (C=O) groups is 3. The second kappa shape index (κ2) is 8.31. The lowest BCUT2D eigenvalue weighted by atomic mass is 9.97. The summed E-state index contributed by atoms with van der Waals surface area (Å²) >= 11 is 0. The minimum atomic E-state index is -0.862. The van der Waals surface area contributed by atoms with Gasteiger partial charge in [-0.3, -0.25) is 14.5 Å². The second-order valence-electron chi connectivity index (χ2n) is 7.72. The zero-order valence-corrected chi connectivity index (χ0v) is 17.0. The summed E-state index contributed by atoms with van der Waals surface area (Å²) in [5, 5.41) is 5.68. The fourth-order valence-electron chi connectivity index (χ4n) is 4.13. The Kier molecular flexibility index (Phi) is 6.03. The van der Waals surface area contributed by atoms with Crippen LogP contribution in [0.2, 0.25) is 0 Å². The molecule has 1 saturated heterocycles. The molecule has 2 aliphatic rings. The maximum absolute atomic E-state index is 12.8. The summed E-state index contributed by atoms with van der Waals surface area (Å²) in [7, 11) is 0. The van der Waals surface area contributed by atoms with Crippen LogP contribution < -0.4 is 10.6 Å². The summed E-state index contributed by atoms with van der Waals surface area (Å²) in [5.74, 6) is -0.633. The highest BCUT2D eigenvalue weighted by molar-refractivity contribution is 6.11. The van der Waals surface area contributed by atoms with E-state index in [9.17, 15) is 14.4 Å². The van der Waals surface area contributed by atoms with Crippen LogP contribution in [0.15, 0.2) is 24.3 Å². The number of nitrogens with one attached hydrogen (secondary N) is 2. The van der Waals surface area contributed by atoms with E-state index in [4.69, 9.17) is 0 Å². The van der Waals surface area contributed by atoms with E-state index in [1.54, 1.807) is 6.92 Å². The van der Waals surface area contributed by atoms with Gasteiger partial charge in [0.15, 0.2) is 0 Å². The van der Waals surface area contributed by atoms with E-state index in [-0.39, 0.29) is 11.8 Å². The number of rotatable bonds is 7. The number of nitrogens with zero attached hydrogens (tertiary/aromatic N) is 2.